The molecule has 56 heavy (non-hydrogen) atoms. The Bertz CT molecular complexity index is 2220. The van der Waals surface area contributed by atoms with Gasteiger partial charge in [-0.3, -0.25) is 0 Å². The Balaban J connectivity index is 0.000000202. The molecule has 3 aliphatic heterocycles. The van der Waals surface area contributed by atoms with Crippen molar-refractivity contribution in [1.82, 2.24) is 24.8 Å². The Morgan fingerprint density at radius 2 is 1.23 bits per heavy atom. The average molecular weight is 769 g/mol. The lowest BCUT2D eigenvalue weighted by molar-refractivity contribution is 0.222. The van der Waals surface area contributed by atoms with E-state index in [-0.39, 0.29) is 11.3 Å². The van der Waals surface area contributed by atoms with Gasteiger partial charge < -0.3 is 25.3 Å². The van der Waals surface area contributed by atoms with Crippen LogP contribution in [-0.2, 0) is 0 Å². The number of hydrogen-bond acceptors (Lipinski definition) is 10. The molecule has 2 amide bonds. The van der Waals surface area contributed by atoms with Gasteiger partial charge >= 0.3 is 6.03 Å². The Kier molecular flexibility index (Phi) is 13.2. The van der Waals surface area contributed by atoms with Crippen molar-refractivity contribution < 1.29 is 6.17 Å². The van der Waals surface area contributed by atoms with Gasteiger partial charge in [-0.15, -0.1) is 0 Å². The van der Waals surface area contributed by atoms with E-state index in [1.54, 1.807) is 25.4 Å². The van der Waals surface area contributed by atoms with Gasteiger partial charge in [0.15, 0.2) is 0 Å². The number of aromatic nitrogens is 4. The van der Waals surface area contributed by atoms with Crippen LogP contribution < -0.4 is 20.4 Å². The lowest BCUT2D eigenvalue weighted by Gasteiger charge is -2.19. The molecule has 13 heteroatoms. The molecule has 0 radical (unpaired) electrons. The number of halogens is 1. The number of urea groups is 1. The molecule has 3 aromatic carbocycles. The van der Waals surface area contributed by atoms with Gasteiger partial charge in [-0.25, -0.2) is 24.7 Å². The molecule has 2 N–H and O–H groups in total. The summed E-state index contributed by atoms with van der Waals surface area (Å²) in [6.07, 6.45) is 10.1. The number of nitrogens with zero attached hydrogens (tertiary/aromatic N) is 9. The predicted octanol–water partition coefficient (Wildman–Crippen LogP) is 9.28. The number of nitriles is 2. The summed E-state index contributed by atoms with van der Waals surface area (Å²) in [5.74, 6) is 0.447. The minimum Gasteiger partial charge on any atom is -0.370 e. The molecule has 2 aromatic heterocycles. The Hall–Kier alpha value is -6.24. The third-order valence-electron chi connectivity index (χ3n) is 9.76. The van der Waals surface area contributed by atoms with Gasteiger partial charge in [0, 0.05) is 75.5 Å². The molecular weight excluding hydrogens is 722 g/mol. The maximum absolute atomic E-state index is 12.4. The largest absolute Gasteiger partial charge is 0.370 e. The molecule has 3 fully saturated rings. The fourth-order valence-corrected chi connectivity index (χ4v) is 7.19. The van der Waals surface area contributed by atoms with Crippen molar-refractivity contribution in [1.29, 1.82) is 10.5 Å². The molecule has 3 saturated heterocycles. The molecule has 0 bridgehead atoms. The van der Waals surface area contributed by atoms with E-state index in [2.05, 4.69) is 52.5 Å². The summed E-state index contributed by atoms with van der Waals surface area (Å²) in [5, 5.41) is 25.5. The van der Waals surface area contributed by atoms with E-state index in [0.717, 1.165) is 105 Å². The molecule has 0 saturated carbocycles. The van der Waals surface area contributed by atoms with Crippen LogP contribution in [0.3, 0.4) is 0 Å². The number of anilines is 5. The van der Waals surface area contributed by atoms with Crippen LogP contribution in [0, 0.1) is 22.7 Å². The minimum absolute atomic E-state index is 0.0708. The molecule has 5 aromatic rings. The molecule has 5 heterocycles. The van der Waals surface area contributed by atoms with Gasteiger partial charge in [-0.05, 0) is 105 Å². The fourth-order valence-electron chi connectivity index (χ4n) is 7.04. The van der Waals surface area contributed by atoms with Crippen LogP contribution in [0.2, 0.25) is 5.28 Å². The van der Waals surface area contributed by atoms with E-state index >= 15 is 0 Å². The highest BCUT2D eigenvalue weighted by Gasteiger charge is 2.19. The van der Waals surface area contributed by atoms with Gasteiger partial charge in [0.2, 0.25) is 11.2 Å². The first-order valence-electron chi connectivity index (χ1n) is 19.7. The highest BCUT2D eigenvalue weighted by molar-refractivity contribution is 6.28. The first kappa shape index (κ1) is 38.1. The number of likely N-dealkylation sites (tertiary alicyclic amines) is 1. The van der Waals surface area contributed by atoms with Crippen LogP contribution in [0.15, 0.2) is 85.2 Å². The third-order valence-corrected chi connectivity index (χ3v) is 9.95. The van der Waals surface area contributed by atoms with Crippen molar-refractivity contribution in [2.45, 2.75) is 52.3 Å². The Morgan fingerprint density at radius 3 is 1.79 bits per heavy atom. The van der Waals surface area contributed by atoms with Gasteiger partial charge in [0.05, 0.1) is 33.9 Å². The van der Waals surface area contributed by atoms with Crippen LogP contribution in [0.1, 0.15) is 64.8 Å². The number of hydrogen-bond donors (Lipinski definition) is 2. The van der Waals surface area contributed by atoms with Gasteiger partial charge in [-0.2, -0.15) is 10.5 Å². The van der Waals surface area contributed by atoms with Crippen molar-refractivity contribution in [3.05, 3.63) is 102 Å². The van der Waals surface area contributed by atoms with Gasteiger partial charge in [0.1, 0.15) is 12.1 Å². The molecule has 0 unspecified atom stereocenters. The Labute approximate surface area is 335 Å². The first-order chi connectivity index (χ1) is 27.9. The summed E-state index contributed by atoms with van der Waals surface area (Å²) in [7, 11) is 0. The van der Waals surface area contributed by atoms with Crippen LogP contribution in [-0.4, -0.2) is 70.1 Å². The molecule has 0 aliphatic carbocycles. The number of rotatable bonds is 7. The maximum atomic E-state index is 12.4. The molecule has 12 nitrogen and oxygen atoms in total. The molecule has 0 atom stereocenters. The standard InChI is InChI=1S/C26H27N7O.C15H13ClN4.C2H6/c27-18-20-16-19(8-9-24(20)32-12-1-2-13-32)23-10-11-28-25(31-23)29-21-6-5-7-22(17-21)30-26(34)33-14-3-4-15-33;16-15-18-6-5-13(19-15)11-3-4-14(12(9-11)10-17)20-7-1-2-8-20;1-2/h5-11,16-17H,1-4,12-15H2,(H,30,34)(H,28,29,31);3-6,9H,1-2,7-8H2;1-2H3/i;;1D. The second-order valence-corrected chi connectivity index (χ2v) is 13.7. The lowest BCUT2D eigenvalue weighted by Crippen LogP contribution is -2.32. The second kappa shape index (κ2) is 19.4. The highest BCUT2D eigenvalue weighted by atomic mass is 35.5. The van der Waals surface area contributed by atoms with Crippen molar-refractivity contribution in [2.24, 2.45) is 0 Å². The van der Waals surface area contributed by atoms with Crippen LogP contribution in [0.5, 0.6) is 0 Å². The molecule has 8 rings (SSSR count). The van der Waals surface area contributed by atoms with Crippen LogP contribution >= 0.6 is 11.6 Å². The topological polar surface area (TPSA) is 150 Å². The number of carbonyl (C=O) groups excluding carboxylic acids is 1. The zero-order valence-electron chi connectivity index (χ0n) is 32.6. The summed E-state index contributed by atoms with van der Waals surface area (Å²) in [5.41, 5.74) is 8.05. The average Bonchev–Trinajstić information content (AvgIpc) is 4.07. The van der Waals surface area contributed by atoms with E-state index in [4.69, 9.17) is 13.0 Å². The van der Waals surface area contributed by atoms with Crippen LogP contribution in [0.4, 0.5) is 33.5 Å². The van der Waals surface area contributed by atoms with E-state index in [1.165, 1.54) is 12.8 Å². The van der Waals surface area contributed by atoms with Crippen LogP contribution in [0.25, 0.3) is 22.5 Å². The minimum atomic E-state index is -0.0708. The van der Waals surface area contributed by atoms with E-state index in [1.807, 2.05) is 71.6 Å². The van der Waals surface area contributed by atoms with E-state index in [9.17, 15) is 15.3 Å². The van der Waals surface area contributed by atoms with Gasteiger partial charge in [0.25, 0.3) is 0 Å². The summed E-state index contributed by atoms with van der Waals surface area (Å²) in [6.45, 7) is 7.93. The monoisotopic (exact) mass is 768 g/mol. The summed E-state index contributed by atoms with van der Waals surface area (Å²) >= 11 is 5.81. The van der Waals surface area contributed by atoms with E-state index in [0.29, 0.717) is 29.7 Å². The highest BCUT2D eigenvalue weighted by Crippen LogP contribution is 2.31. The van der Waals surface area contributed by atoms with E-state index < -0.39 is 0 Å². The third kappa shape index (κ3) is 9.89. The molecule has 286 valence electrons. The van der Waals surface area contributed by atoms with Crippen molar-refractivity contribution in [3.8, 4) is 34.7 Å². The number of amides is 2. The summed E-state index contributed by atoms with van der Waals surface area (Å²) in [6, 6.07) is 27.4. The maximum Gasteiger partial charge on any atom is 0.321 e. The second-order valence-electron chi connectivity index (χ2n) is 13.4. The lowest BCUT2D eigenvalue weighted by atomic mass is 10.1. The smallest absolute Gasteiger partial charge is 0.321 e. The normalized spacial score (nSPS) is 14.7. The number of nitrogens with one attached hydrogen (secondary N) is 2. The van der Waals surface area contributed by atoms with Crippen molar-refractivity contribution >= 4 is 46.3 Å². The van der Waals surface area contributed by atoms with Crippen molar-refractivity contribution in [3.63, 3.8) is 0 Å². The number of benzene rings is 3. The molecule has 0 spiro atoms. The van der Waals surface area contributed by atoms with Gasteiger partial charge in [-0.1, -0.05) is 32.0 Å². The Morgan fingerprint density at radius 1 is 0.714 bits per heavy atom. The molecule has 3 aliphatic rings. The first-order valence-corrected chi connectivity index (χ1v) is 19.4. The predicted molar refractivity (Wildman–Crippen MR) is 223 cm³/mol. The zero-order valence-corrected chi connectivity index (χ0v) is 32.3. The molecular formula is C43H46ClN11O. The quantitative estimate of drug-likeness (QED) is 0.153. The SMILES string of the molecule is N#Cc1cc(-c2ccnc(Cl)n2)ccc1N1CCCC1.N#Cc1cc(-c2ccnc(Nc3cccc(NC(=O)N4CCCC4)c3)n2)ccc1N1CCCC1.[2H]CC. The number of carbonyl (C=O) groups is 1. The summed E-state index contributed by atoms with van der Waals surface area (Å²) in [4.78, 5) is 35.8. The zero-order chi connectivity index (χ0) is 40.0. The van der Waals surface area contributed by atoms with Crippen molar-refractivity contribution in [2.75, 3.05) is 59.7 Å². The fraction of sp³-hybridized carbons (Fsp3) is 0.326. The summed E-state index contributed by atoms with van der Waals surface area (Å²) < 4.78 is 6.21.